The number of hydrogen-bond donors (Lipinski definition) is 10. The molecule has 2 amide bonds. The van der Waals surface area contributed by atoms with E-state index in [9.17, 15) is 63.0 Å². The fourth-order valence-electron chi connectivity index (χ4n) is 5.09. The van der Waals surface area contributed by atoms with Crippen molar-refractivity contribution in [2.45, 2.75) is 77.3 Å². The summed E-state index contributed by atoms with van der Waals surface area (Å²) in [6.07, 6.45) is -7.32. The van der Waals surface area contributed by atoms with Crippen LogP contribution in [0, 0.1) is 11.3 Å². The van der Waals surface area contributed by atoms with Crippen molar-refractivity contribution in [2.75, 3.05) is 37.8 Å². The molecule has 4 unspecified atom stereocenters. The third-order valence-electron chi connectivity index (χ3n) is 8.07. The van der Waals surface area contributed by atoms with Gasteiger partial charge in [0.2, 0.25) is 11.8 Å². The summed E-state index contributed by atoms with van der Waals surface area (Å²) >= 11 is 0.971. The molecule has 1 saturated heterocycles. The van der Waals surface area contributed by atoms with Crippen LogP contribution in [0.3, 0.4) is 0 Å². The molecule has 0 bridgehead atoms. The Morgan fingerprint density at radius 3 is 2.34 bits per heavy atom. The maximum atomic E-state index is 12.7. The number of rotatable bonds is 22. The van der Waals surface area contributed by atoms with E-state index in [4.69, 9.17) is 19.5 Å². The van der Waals surface area contributed by atoms with Gasteiger partial charge in [-0.1, -0.05) is 32.5 Å². The number of hydrogen-bond acceptors (Lipinski definition) is 19. The number of nitrogens with two attached hydrogens (primary N) is 1. The van der Waals surface area contributed by atoms with E-state index >= 15 is 0 Å². The van der Waals surface area contributed by atoms with Gasteiger partial charge in [0.15, 0.2) is 22.8 Å². The predicted molar refractivity (Wildman–Crippen MR) is 193 cm³/mol. The largest absolute Gasteiger partial charge is 0.481 e. The number of phosphoric ester groups is 3. The van der Waals surface area contributed by atoms with E-state index in [0.717, 1.165) is 29.0 Å². The molecule has 0 radical (unpaired) electrons. The van der Waals surface area contributed by atoms with Gasteiger partial charge < -0.3 is 56.0 Å². The molecule has 11 N–H and O–H groups in total. The lowest BCUT2D eigenvalue weighted by Gasteiger charge is -2.30. The summed E-state index contributed by atoms with van der Waals surface area (Å²) in [4.78, 5) is 87.7. The molecule has 0 spiro atoms. The third-order valence-corrected chi connectivity index (χ3v) is 12.2. The molecular weight excluding hydrogens is 835 g/mol. The Bertz CT molecular complexity index is 1830. The number of nitrogens with zero attached hydrogens (tertiary/aromatic N) is 4. The minimum Gasteiger partial charge on any atom is -0.393 e. The van der Waals surface area contributed by atoms with Crippen LogP contribution < -0.4 is 16.4 Å². The number of aromatic nitrogens is 4. The molecule has 3 heterocycles. The first-order chi connectivity index (χ1) is 25.9. The van der Waals surface area contributed by atoms with Gasteiger partial charge in [-0.05, 0) is 13.3 Å². The topological polar surface area (TPSA) is 384 Å². The van der Waals surface area contributed by atoms with Crippen molar-refractivity contribution >= 4 is 69.1 Å². The van der Waals surface area contributed by atoms with Gasteiger partial charge in [-0.25, -0.2) is 28.6 Å². The zero-order valence-corrected chi connectivity index (χ0v) is 33.9. The second-order valence-corrected chi connectivity index (χ2v) is 18.3. The summed E-state index contributed by atoms with van der Waals surface area (Å²) in [6, 6.07) is 0. The van der Waals surface area contributed by atoms with E-state index < -0.39 is 96.6 Å². The van der Waals surface area contributed by atoms with Gasteiger partial charge in [-0.3, -0.25) is 32.5 Å². The molecular formula is C27H46N7O18P3S. The number of nitrogen functional groups attached to an aromatic ring is 1. The number of aliphatic hydroxyl groups excluding tert-OH is 3. The molecule has 1 fully saturated rings. The van der Waals surface area contributed by atoms with Crippen LogP contribution in [0.1, 0.15) is 46.8 Å². The number of nitrogens with one attached hydrogen (secondary N) is 2. The Balaban J connectivity index is 1.49. The van der Waals surface area contributed by atoms with Gasteiger partial charge in [-0.15, -0.1) is 0 Å². The van der Waals surface area contributed by atoms with Crippen LogP contribution >= 0.6 is 35.2 Å². The zero-order chi connectivity index (χ0) is 42.2. The van der Waals surface area contributed by atoms with E-state index in [-0.39, 0.29) is 47.4 Å². The minimum absolute atomic E-state index is 0.0259. The summed E-state index contributed by atoms with van der Waals surface area (Å²) in [6.45, 7) is 3.66. The van der Waals surface area contributed by atoms with E-state index in [1.807, 2.05) is 0 Å². The van der Waals surface area contributed by atoms with Crippen LogP contribution in [0.15, 0.2) is 12.7 Å². The number of aliphatic hydroxyl groups is 3. The molecule has 25 nitrogen and oxygen atoms in total. The Labute approximate surface area is 323 Å². The fourth-order valence-corrected chi connectivity index (χ4v) is 8.91. The molecule has 29 heteroatoms. The standard InChI is InChI=1S/C27H46N7O18P3S/c1-5-15(14(2)35)26(40)56-9-8-29-17(36)6-7-30-24(39)21(38)27(3,4)11-49-55(46,47)52-54(44,45)48-10-16-20(51-53(41,42)43)19(37)25(50-16)34-13-33-18-22(28)31-12-32-23(18)34/h12-16,19-21,25,35,37-38H,5-11H2,1-4H3,(H,29,36)(H,30,39)(H,44,45)(H,46,47)(H2,28,31,32)(H2,41,42,43)/t14?,15?,16-,19-,20-,21+,25-/m1/s1. The van der Waals surface area contributed by atoms with Crippen molar-refractivity contribution < 1.29 is 85.6 Å². The maximum Gasteiger partial charge on any atom is 0.481 e. The molecule has 2 aromatic heterocycles. The molecule has 2 aromatic rings. The molecule has 56 heavy (non-hydrogen) atoms. The number of anilines is 1. The summed E-state index contributed by atoms with van der Waals surface area (Å²) in [5, 5.41) is 35.8. The van der Waals surface area contributed by atoms with Crippen molar-refractivity contribution in [2.24, 2.45) is 11.3 Å². The lowest BCUT2D eigenvalue weighted by Crippen LogP contribution is -2.46. The first-order valence-electron chi connectivity index (χ1n) is 16.6. The number of thioether (sulfide) groups is 1. The first kappa shape index (κ1) is 47.9. The van der Waals surface area contributed by atoms with Gasteiger partial charge in [0.05, 0.1) is 31.6 Å². The highest BCUT2D eigenvalue weighted by Gasteiger charge is 2.50. The molecule has 0 aromatic carbocycles. The molecule has 1 aliphatic rings. The first-order valence-corrected chi connectivity index (χ1v) is 22.1. The van der Waals surface area contributed by atoms with E-state index in [1.165, 1.54) is 20.8 Å². The number of carbonyl (C=O) groups excluding carboxylic acids is 3. The van der Waals surface area contributed by atoms with Crippen LogP contribution in [-0.2, 0) is 50.7 Å². The Hall–Kier alpha value is -2.48. The number of phosphoric acid groups is 3. The number of carbonyl (C=O) groups is 3. The molecule has 0 aliphatic carbocycles. The van der Waals surface area contributed by atoms with Gasteiger partial charge in [0.1, 0.15) is 36.3 Å². The van der Waals surface area contributed by atoms with Gasteiger partial charge in [-0.2, -0.15) is 4.31 Å². The van der Waals surface area contributed by atoms with Gasteiger partial charge in [0.25, 0.3) is 0 Å². The predicted octanol–water partition coefficient (Wildman–Crippen LogP) is -0.928. The monoisotopic (exact) mass is 881 g/mol. The average Bonchev–Trinajstić information content (AvgIpc) is 3.64. The fraction of sp³-hybridized carbons (Fsp3) is 0.704. The normalized spacial score (nSPS) is 22.8. The van der Waals surface area contributed by atoms with E-state index in [1.54, 1.807) is 6.92 Å². The summed E-state index contributed by atoms with van der Waals surface area (Å²) in [7, 11) is -16.4. The molecule has 3 rings (SSSR count). The molecule has 318 valence electrons. The van der Waals surface area contributed by atoms with Crippen LogP contribution in [-0.4, -0.2) is 134 Å². The van der Waals surface area contributed by atoms with Gasteiger partial charge >= 0.3 is 23.5 Å². The van der Waals surface area contributed by atoms with Crippen molar-refractivity contribution in [3.8, 4) is 0 Å². The van der Waals surface area contributed by atoms with Crippen LogP contribution in [0.25, 0.3) is 11.2 Å². The Morgan fingerprint density at radius 2 is 1.71 bits per heavy atom. The second-order valence-electron chi connectivity index (χ2n) is 13.0. The third kappa shape index (κ3) is 13.8. The van der Waals surface area contributed by atoms with Gasteiger partial charge in [0, 0.05) is 30.7 Å². The van der Waals surface area contributed by atoms with Crippen LogP contribution in [0.2, 0.25) is 0 Å². The Morgan fingerprint density at radius 1 is 1.05 bits per heavy atom. The zero-order valence-electron chi connectivity index (χ0n) is 30.4. The van der Waals surface area contributed by atoms with Crippen molar-refractivity contribution in [1.29, 1.82) is 0 Å². The van der Waals surface area contributed by atoms with Crippen molar-refractivity contribution in [1.82, 2.24) is 30.2 Å². The minimum atomic E-state index is -5.58. The number of amides is 2. The number of imidazole rings is 1. The van der Waals surface area contributed by atoms with Crippen LogP contribution in [0.5, 0.6) is 0 Å². The summed E-state index contributed by atoms with van der Waals surface area (Å²) in [5.74, 6) is -1.78. The van der Waals surface area contributed by atoms with E-state index in [2.05, 4.69) is 34.4 Å². The summed E-state index contributed by atoms with van der Waals surface area (Å²) < 4.78 is 62.0. The quantitative estimate of drug-likeness (QED) is 0.0504. The lowest BCUT2D eigenvalue weighted by atomic mass is 9.87. The van der Waals surface area contributed by atoms with E-state index in [0.29, 0.717) is 6.42 Å². The van der Waals surface area contributed by atoms with Crippen LogP contribution in [0.4, 0.5) is 5.82 Å². The number of fused-ring (bicyclic) bond motifs is 1. The highest BCUT2D eigenvalue weighted by molar-refractivity contribution is 8.13. The molecule has 0 saturated carbocycles. The molecule has 9 atom stereocenters. The van der Waals surface area contributed by atoms with Crippen molar-refractivity contribution in [3.05, 3.63) is 12.7 Å². The lowest BCUT2D eigenvalue weighted by molar-refractivity contribution is -0.137. The maximum absolute atomic E-state index is 12.7. The van der Waals surface area contributed by atoms with Crippen molar-refractivity contribution in [3.63, 3.8) is 0 Å². The highest BCUT2D eigenvalue weighted by Crippen LogP contribution is 2.61. The smallest absolute Gasteiger partial charge is 0.393 e. The second kappa shape index (κ2) is 20.0. The Kier molecular flexibility index (Phi) is 17.1. The average molecular weight is 882 g/mol. The number of ether oxygens (including phenoxy) is 1. The highest BCUT2D eigenvalue weighted by atomic mass is 32.2. The molecule has 1 aliphatic heterocycles. The SMILES string of the molecule is CCC(C(=O)SCCNC(=O)CCNC(=O)[C@H](O)C(C)(C)COP(=O)(O)OP(=O)(O)OC[C@H]1O[C@@H](n2cnc3c(N)ncnc32)[C@H](O)[C@@H]1OP(=O)(O)O)C(C)O. The summed E-state index contributed by atoms with van der Waals surface area (Å²) in [5.41, 5.74) is 4.23.